The van der Waals surface area contributed by atoms with Gasteiger partial charge in [-0.2, -0.15) is 0 Å². The number of hydrogen-bond acceptors (Lipinski definition) is 6. The Balaban J connectivity index is 2.00. The minimum Gasteiger partial charge on any atom is -0.497 e. The van der Waals surface area contributed by atoms with Crippen molar-refractivity contribution in [2.45, 2.75) is 19.4 Å². The zero-order chi connectivity index (χ0) is 19.6. The molecule has 0 saturated carbocycles. The van der Waals surface area contributed by atoms with Gasteiger partial charge in [-0.05, 0) is 42.3 Å². The summed E-state index contributed by atoms with van der Waals surface area (Å²) in [6.45, 7) is 1.83. The van der Waals surface area contributed by atoms with E-state index in [-0.39, 0.29) is 11.7 Å². The van der Waals surface area contributed by atoms with Gasteiger partial charge in [0.15, 0.2) is 0 Å². The van der Waals surface area contributed by atoms with Crippen LogP contribution in [-0.4, -0.2) is 30.8 Å². The van der Waals surface area contributed by atoms with Gasteiger partial charge in [-0.1, -0.05) is 12.1 Å². The first-order valence-corrected chi connectivity index (χ1v) is 8.43. The number of ether oxygens (including phenoxy) is 2. The second-order valence-corrected chi connectivity index (χ2v) is 6.64. The van der Waals surface area contributed by atoms with Crippen LogP contribution in [0.1, 0.15) is 30.5 Å². The number of nitro groups is 1. The molecule has 27 heavy (non-hydrogen) atoms. The molecule has 3 rings (SSSR count). The van der Waals surface area contributed by atoms with Crippen molar-refractivity contribution in [1.82, 2.24) is 0 Å². The molecule has 0 amide bonds. The van der Waals surface area contributed by atoms with E-state index in [4.69, 9.17) is 14.5 Å². The van der Waals surface area contributed by atoms with Crippen LogP contribution in [0.5, 0.6) is 5.75 Å². The highest BCUT2D eigenvalue weighted by molar-refractivity contribution is 6.05. The van der Waals surface area contributed by atoms with Crippen LogP contribution in [0, 0.1) is 15.5 Å². The molecule has 0 fully saturated rings. The van der Waals surface area contributed by atoms with Crippen LogP contribution < -0.4 is 4.74 Å². The van der Waals surface area contributed by atoms with Gasteiger partial charge in [-0.3, -0.25) is 19.9 Å². The summed E-state index contributed by atoms with van der Waals surface area (Å²) in [7, 11) is 2.95. The number of carbonyl (C=O) groups excluding carboxylic acids is 1. The van der Waals surface area contributed by atoms with Gasteiger partial charge in [0.05, 0.1) is 30.6 Å². The van der Waals surface area contributed by atoms with E-state index in [0.717, 1.165) is 22.6 Å². The van der Waals surface area contributed by atoms with Crippen molar-refractivity contribution in [2.24, 2.45) is 10.4 Å². The second kappa shape index (κ2) is 7.19. The van der Waals surface area contributed by atoms with Gasteiger partial charge in [0.2, 0.25) is 0 Å². The molecule has 0 spiro atoms. The van der Waals surface area contributed by atoms with Crippen molar-refractivity contribution in [3.63, 3.8) is 0 Å². The number of rotatable bonds is 5. The van der Waals surface area contributed by atoms with Gasteiger partial charge in [-0.25, -0.2) is 0 Å². The van der Waals surface area contributed by atoms with Crippen LogP contribution in [0.15, 0.2) is 53.5 Å². The summed E-state index contributed by atoms with van der Waals surface area (Å²) < 4.78 is 10.2. The Morgan fingerprint density at radius 2 is 1.78 bits per heavy atom. The topological polar surface area (TPSA) is 91.0 Å². The van der Waals surface area contributed by atoms with E-state index in [2.05, 4.69) is 0 Å². The van der Waals surface area contributed by atoms with Crippen LogP contribution in [0.4, 0.5) is 5.69 Å². The lowest BCUT2D eigenvalue weighted by atomic mass is 9.77. The zero-order valence-electron chi connectivity index (χ0n) is 15.3. The lowest BCUT2D eigenvalue weighted by Gasteiger charge is -2.27. The SMILES string of the molecule is COC(=O)[C@@]1(C)CC(c2ccc([N+](=O)[O-])cc2)=N[C@@H]1c1ccc(OC)cc1. The molecule has 7 heteroatoms. The number of hydrogen-bond donors (Lipinski definition) is 0. The molecule has 0 unspecified atom stereocenters. The highest BCUT2D eigenvalue weighted by Crippen LogP contribution is 2.47. The summed E-state index contributed by atoms with van der Waals surface area (Å²) in [6.07, 6.45) is 0.383. The Labute approximate surface area is 156 Å². The smallest absolute Gasteiger partial charge is 0.314 e. The van der Waals surface area contributed by atoms with Crippen molar-refractivity contribution in [3.05, 3.63) is 69.8 Å². The van der Waals surface area contributed by atoms with Crippen molar-refractivity contribution in [2.75, 3.05) is 14.2 Å². The monoisotopic (exact) mass is 368 g/mol. The maximum Gasteiger partial charge on any atom is 0.314 e. The minimum atomic E-state index is -0.861. The Hall–Kier alpha value is -3.22. The molecule has 0 radical (unpaired) electrons. The molecule has 0 N–H and O–H groups in total. The fraction of sp³-hybridized carbons (Fsp3) is 0.300. The summed E-state index contributed by atoms with van der Waals surface area (Å²) in [5, 5.41) is 10.9. The number of non-ortho nitro benzene ring substituents is 1. The van der Waals surface area contributed by atoms with Crippen molar-refractivity contribution >= 4 is 17.4 Å². The second-order valence-electron chi connectivity index (χ2n) is 6.64. The average Bonchev–Trinajstić information content (AvgIpc) is 3.06. The van der Waals surface area contributed by atoms with Crippen molar-refractivity contribution < 1.29 is 19.2 Å². The van der Waals surface area contributed by atoms with E-state index in [9.17, 15) is 14.9 Å². The molecule has 2 aromatic rings. The number of aliphatic imine (C=N–C) groups is 1. The summed E-state index contributed by atoms with van der Waals surface area (Å²) in [6, 6.07) is 13.2. The molecule has 1 heterocycles. The van der Waals surface area contributed by atoms with E-state index in [1.165, 1.54) is 19.2 Å². The van der Waals surface area contributed by atoms with Gasteiger partial charge < -0.3 is 9.47 Å². The number of benzene rings is 2. The first-order chi connectivity index (χ1) is 12.9. The van der Waals surface area contributed by atoms with E-state index >= 15 is 0 Å². The molecule has 1 aliphatic heterocycles. The maximum atomic E-state index is 12.6. The van der Waals surface area contributed by atoms with Gasteiger partial charge in [0.1, 0.15) is 5.75 Å². The van der Waals surface area contributed by atoms with Crippen LogP contribution in [-0.2, 0) is 9.53 Å². The minimum absolute atomic E-state index is 0.0137. The Kier molecular flexibility index (Phi) is 4.94. The van der Waals surface area contributed by atoms with Crippen LogP contribution in [0.3, 0.4) is 0 Å². The maximum absolute atomic E-state index is 12.6. The first kappa shape index (κ1) is 18.6. The lowest BCUT2D eigenvalue weighted by Crippen LogP contribution is -2.32. The van der Waals surface area contributed by atoms with E-state index < -0.39 is 16.4 Å². The third kappa shape index (κ3) is 3.40. The number of nitro benzene ring substituents is 1. The molecule has 0 aliphatic carbocycles. The summed E-state index contributed by atoms with van der Waals surface area (Å²) >= 11 is 0. The predicted octanol–water partition coefficient (Wildman–Crippen LogP) is 3.72. The molecular formula is C20H20N2O5. The van der Waals surface area contributed by atoms with Crippen LogP contribution >= 0.6 is 0 Å². The third-order valence-corrected chi connectivity index (χ3v) is 4.92. The van der Waals surface area contributed by atoms with Crippen molar-refractivity contribution in [3.8, 4) is 5.75 Å². The Morgan fingerprint density at radius 3 is 2.30 bits per heavy atom. The highest BCUT2D eigenvalue weighted by atomic mass is 16.6. The standard InChI is InChI=1S/C20H20N2O5/c1-20(19(23)27-3)12-17(13-4-8-15(9-5-13)22(24)25)21-18(20)14-6-10-16(26-2)11-7-14/h4-11,18H,12H2,1-3H3/t18-,20+/m1/s1. The number of esters is 1. The average molecular weight is 368 g/mol. The van der Waals surface area contributed by atoms with Crippen LogP contribution in [0.2, 0.25) is 0 Å². The van der Waals surface area contributed by atoms with Gasteiger partial charge in [0.25, 0.3) is 5.69 Å². The lowest BCUT2D eigenvalue weighted by molar-refractivity contribution is -0.384. The molecule has 0 bridgehead atoms. The molecule has 2 atom stereocenters. The number of methoxy groups -OCH3 is 2. The zero-order valence-corrected chi connectivity index (χ0v) is 15.3. The fourth-order valence-electron chi connectivity index (χ4n) is 3.39. The van der Waals surface area contributed by atoms with E-state index in [1.54, 1.807) is 19.2 Å². The quantitative estimate of drug-likeness (QED) is 0.456. The largest absolute Gasteiger partial charge is 0.497 e. The highest BCUT2D eigenvalue weighted by Gasteiger charge is 2.48. The molecule has 1 aliphatic rings. The third-order valence-electron chi connectivity index (χ3n) is 4.92. The molecule has 2 aromatic carbocycles. The van der Waals surface area contributed by atoms with Crippen molar-refractivity contribution in [1.29, 1.82) is 0 Å². The predicted molar refractivity (Wildman–Crippen MR) is 100 cm³/mol. The Bertz CT molecular complexity index is 890. The number of nitrogens with zero attached hydrogens (tertiary/aromatic N) is 2. The molecule has 7 nitrogen and oxygen atoms in total. The van der Waals surface area contributed by atoms with Crippen LogP contribution in [0.25, 0.3) is 0 Å². The molecule has 0 saturated heterocycles. The Morgan fingerprint density at radius 1 is 1.15 bits per heavy atom. The fourth-order valence-corrected chi connectivity index (χ4v) is 3.39. The molecule has 140 valence electrons. The summed E-state index contributed by atoms with van der Waals surface area (Å²) in [5.41, 5.74) is 1.51. The first-order valence-electron chi connectivity index (χ1n) is 8.43. The summed E-state index contributed by atoms with van der Waals surface area (Å²) in [4.78, 5) is 27.8. The van der Waals surface area contributed by atoms with Gasteiger partial charge >= 0.3 is 5.97 Å². The van der Waals surface area contributed by atoms with Gasteiger partial charge in [-0.15, -0.1) is 0 Å². The van der Waals surface area contributed by atoms with Gasteiger partial charge in [0, 0.05) is 24.3 Å². The normalized spacial score (nSPS) is 21.4. The number of carbonyl (C=O) groups is 1. The molecular weight excluding hydrogens is 348 g/mol. The van der Waals surface area contributed by atoms with E-state index in [1.807, 2.05) is 31.2 Å². The summed E-state index contributed by atoms with van der Waals surface area (Å²) in [5.74, 6) is 0.375. The molecule has 0 aromatic heterocycles. The van der Waals surface area contributed by atoms with E-state index in [0.29, 0.717) is 6.42 Å².